The van der Waals surface area contributed by atoms with E-state index in [1.165, 1.54) is 12.0 Å². The van der Waals surface area contributed by atoms with Gasteiger partial charge in [-0.05, 0) is 37.1 Å². The average molecular weight is 331 g/mol. The zero-order chi connectivity index (χ0) is 15.8. The molecule has 0 spiro atoms. The van der Waals surface area contributed by atoms with Crippen LogP contribution < -0.4 is 5.32 Å². The highest BCUT2D eigenvalue weighted by Gasteiger charge is 2.37. The highest BCUT2D eigenvalue weighted by atomic mass is 32.1. The number of nitrogens with one attached hydrogen (secondary N) is 1. The molecule has 1 unspecified atom stereocenters. The van der Waals surface area contributed by atoms with Crippen LogP contribution in [0.2, 0.25) is 0 Å². The van der Waals surface area contributed by atoms with E-state index in [-0.39, 0.29) is 6.03 Å². The zero-order valence-electron chi connectivity index (χ0n) is 13.3. The Hall–Kier alpha value is -1.89. The van der Waals surface area contributed by atoms with Crippen LogP contribution in [0, 0.1) is 6.92 Å². The van der Waals surface area contributed by atoms with Crippen molar-refractivity contribution in [1.29, 1.82) is 0 Å². The van der Waals surface area contributed by atoms with Gasteiger partial charge in [-0.25, -0.2) is 14.8 Å². The Balaban J connectivity index is 1.40. The van der Waals surface area contributed by atoms with Crippen molar-refractivity contribution in [2.45, 2.75) is 32.2 Å². The molecule has 0 saturated carbocycles. The topological polar surface area (TPSA) is 61.4 Å². The number of anilines is 1. The number of nitrogens with zero attached hydrogens (tertiary/aromatic N) is 4. The number of piperidine rings is 1. The fourth-order valence-corrected chi connectivity index (χ4v) is 4.49. The first kappa shape index (κ1) is 14.7. The van der Waals surface area contributed by atoms with Gasteiger partial charge >= 0.3 is 6.03 Å². The second-order valence-electron chi connectivity index (χ2n) is 6.32. The molecule has 7 heteroatoms. The Bertz CT molecular complexity index is 730. The molecule has 0 radical (unpaired) electrons. The maximum atomic E-state index is 12.4. The first-order valence-corrected chi connectivity index (χ1v) is 9.10. The summed E-state index contributed by atoms with van der Waals surface area (Å²) in [5.74, 6) is 0.873. The second kappa shape index (κ2) is 5.96. The SMILES string of the molecule is Cc1csc2ncnc(NCCN3CC4CCCCN4C3=O)c12. The van der Waals surface area contributed by atoms with Gasteiger partial charge in [0.1, 0.15) is 17.0 Å². The quantitative estimate of drug-likeness (QED) is 0.936. The number of carbonyl (C=O) groups excluding carboxylic acids is 1. The number of aromatic nitrogens is 2. The van der Waals surface area contributed by atoms with Gasteiger partial charge in [-0.1, -0.05) is 0 Å². The highest BCUT2D eigenvalue weighted by Crippen LogP contribution is 2.28. The van der Waals surface area contributed by atoms with Gasteiger partial charge in [0.05, 0.1) is 11.4 Å². The van der Waals surface area contributed by atoms with Gasteiger partial charge in [0.2, 0.25) is 0 Å². The van der Waals surface area contributed by atoms with Crippen molar-refractivity contribution in [3.8, 4) is 0 Å². The molecule has 0 bridgehead atoms. The number of aryl methyl sites for hydroxylation is 1. The monoisotopic (exact) mass is 331 g/mol. The third-order valence-electron chi connectivity index (χ3n) is 4.80. The fraction of sp³-hybridized carbons (Fsp3) is 0.562. The van der Waals surface area contributed by atoms with Gasteiger partial charge in [0, 0.05) is 26.2 Å². The van der Waals surface area contributed by atoms with Crippen LogP contribution in [-0.2, 0) is 0 Å². The van der Waals surface area contributed by atoms with Crippen molar-refractivity contribution >= 4 is 33.4 Å². The standard InChI is InChI=1S/C16H21N5OS/c1-11-9-23-15-13(11)14(18-10-19-15)17-5-7-20-8-12-4-2-3-6-21(12)16(20)22/h9-10,12H,2-8H2,1H3,(H,17,18,19). The lowest BCUT2D eigenvalue weighted by Crippen LogP contribution is -2.38. The number of fused-ring (bicyclic) bond motifs is 2. The normalized spacial score (nSPS) is 21.1. The first-order valence-electron chi connectivity index (χ1n) is 8.22. The summed E-state index contributed by atoms with van der Waals surface area (Å²) < 4.78 is 0. The van der Waals surface area contributed by atoms with E-state index >= 15 is 0 Å². The Kier molecular flexibility index (Phi) is 3.80. The van der Waals surface area contributed by atoms with Crippen molar-refractivity contribution in [3.63, 3.8) is 0 Å². The van der Waals surface area contributed by atoms with Crippen molar-refractivity contribution in [2.75, 3.05) is 31.5 Å². The number of hydrogen-bond donors (Lipinski definition) is 1. The zero-order valence-corrected chi connectivity index (χ0v) is 14.1. The molecule has 122 valence electrons. The lowest BCUT2D eigenvalue weighted by Gasteiger charge is -2.27. The smallest absolute Gasteiger partial charge is 0.320 e. The molecule has 23 heavy (non-hydrogen) atoms. The predicted molar refractivity (Wildman–Crippen MR) is 92.0 cm³/mol. The maximum Gasteiger partial charge on any atom is 0.320 e. The van der Waals surface area contributed by atoms with E-state index < -0.39 is 0 Å². The van der Waals surface area contributed by atoms with Gasteiger partial charge in [0.15, 0.2) is 0 Å². The minimum atomic E-state index is 0.205. The molecule has 2 aliphatic rings. The van der Waals surface area contributed by atoms with Gasteiger partial charge in [-0.2, -0.15) is 0 Å². The van der Waals surface area contributed by atoms with Crippen molar-refractivity contribution < 1.29 is 4.79 Å². The molecular formula is C16H21N5OS. The van der Waals surface area contributed by atoms with E-state index in [2.05, 4.69) is 32.5 Å². The van der Waals surface area contributed by atoms with Crippen LogP contribution in [0.15, 0.2) is 11.7 Å². The summed E-state index contributed by atoms with van der Waals surface area (Å²) in [7, 11) is 0. The summed E-state index contributed by atoms with van der Waals surface area (Å²) in [6.07, 6.45) is 5.14. The lowest BCUT2D eigenvalue weighted by atomic mass is 10.0. The van der Waals surface area contributed by atoms with Gasteiger partial charge in [0.25, 0.3) is 0 Å². The molecule has 2 aromatic rings. The Labute approximate surface area is 139 Å². The Morgan fingerprint density at radius 1 is 1.39 bits per heavy atom. The lowest BCUT2D eigenvalue weighted by molar-refractivity contribution is 0.176. The van der Waals surface area contributed by atoms with E-state index in [0.717, 1.165) is 48.5 Å². The molecule has 2 fully saturated rings. The summed E-state index contributed by atoms with van der Waals surface area (Å²) in [5.41, 5.74) is 1.20. The van der Waals surface area contributed by atoms with E-state index in [1.54, 1.807) is 17.7 Å². The van der Waals surface area contributed by atoms with Crippen LogP contribution >= 0.6 is 11.3 Å². The summed E-state index contributed by atoms with van der Waals surface area (Å²) in [6, 6.07) is 0.636. The van der Waals surface area contributed by atoms with Gasteiger partial charge < -0.3 is 15.1 Å². The van der Waals surface area contributed by atoms with Gasteiger partial charge in [-0.3, -0.25) is 0 Å². The largest absolute Gasteiger partial charge is 0.368 e. The maximum absolute atomic E-state index is 12.4. The number of carbonyl (C=O) groups is 1. The number of amides is 2. The van der Waals surface area contributed by atoms with Crippen LogP contribution in [0.5, 0.6) is 0 Å². The molecule has 4 heterocycles. The van der Waals surface area contributed by atoms with Crippen LogP contribution in [-0.4, -0.2) is 58.0 Å². The van der Waals surface area contributed by atoms with E-state index in [0.29, 0.717) is 12.6 Å². The summed E-state index contributed by atoms with van der Waals surface area (Å²) >= 11 is 1.64. The molecule has 1 N–H and O–H groups in total. The molecule has 4 rings (SSSR count). The van der Waals surface area contributed by atoms with Crippen LogP contribution in [0.25, 0.3) is 10.2 Å². The van der Waals surface area contributed by atoms with E-state index in [4.69, 9.17) is 0 Å². The van der Waals surface area contributed by atoms with Crippen LogP contribution in [0.1, 0.15) is 24.8 Å². The number of thiophene rings is 1. The minimum Gasteiger partial charge on any atom is -0.368 e. The molecule has 0 aliphatic carbocycles. The average Bonchev–Trinajstić information content (AvgIpc) is 3.10. The van der Waals surface area contributed by atoms with Crippen LogP contribution in [0.3, 0.4) is 0 Å². The molecule has 0 aromatic carbocycles. The Morgan fingerprint density at radius 3 is 3.17 bits per heavy atom. The van der Waals surface area contributed by atoms with Gasteiger partial charge in [-0.15, -0.1) is 11.3 Å². The highest BCUT2D eigenvalue weighted by molar-refractivity contribution is 7.17. The molecule has 2 saturated heterocycles. The summed E-state index contributed by atoms with van der Waals surface area (Å²) in [6.45, 7) is 5.31. The third kappa shape index (κ3) is 2.63. The number of rotatable bonds is 4. The Morgan fingerprint density at radius 2 is 2.30 bits per heavy atom. The van der Waals surface area contributed by atoms with Crippen LogP contribution in [0.4, 0.5) is 10.6 Å². The molecular weight excluding hydrogens is 310 g/mol. The van der Waals surface area contributed by atoms with Crippen molar-refractivity contribution in [1.82, 2.24) is 19.8 Å². The second-order valence-corrected chi connectivity index (χ2v) is 7.18. The first-order chi connectivity index (χ1) is 11.2. The van der Waals surface area contributed by atoms with Crippen molar-refractivity contribution in [2.24, 2.45) is 0 Å². The summed E-state index contributed by atoms with van der Waals surface area (Å²) in [5, 5.41) is 6.59. The number of hydrogen-bond acceptors (Lipinski definition) is 5. The molecule has 2 amide bonds. The molecule has 1 atom stereocenters. The molecule has 2 aromatic heterocycles. The van der Waals surface area contributed by atoms with Crippen molar-refractivity contribution in [3.05, 3.63) is 17.3 Å². The summed E-state index contributed by atoms with van der Waals surface area (Å²) in [4.78, 5) is 26.1. The number of urea groups is 1. The van der Waals surface area contributed by atoms with E-state index in [9.17, 15) is 4.79 Å². The predicted octanol–water partition coefficient (Wildman–Crippen LogP) is 2.70. The molecule has 6 nitrogen and oxygen atoms in total. The minimum absolute atomic E-state index is 0.205. The van der Waals surface area contributed by atoms with E-state index in [1.807, 2.05) is 4.90 Å². The molecule has 2 aliphatic heterocycles. The third-order valence-corrected chi connectivity index (χ3v) is 5.81. The fourth-order valence-electron chi connectivity index (χ4n) is 3.60.